The van der Waals surface area contributed by atoms with Gasteiger partial charge < -0.3 is 38.5 Å². The second-order valence-corrected chi connectivity index (χ2v) is 13.1. The number of amides is 2. The van der Waals surface area contributed by atoms with Crippen molar-refractivity contribution in [2.45, 2.75) is 118 Å². The highest BCUT2D eigenvalue weighted by molar-refractivity contribution is 6.01. The zero-order valence-electron chi connectivity index (χ0n) is 31.3. The minimum absolute atomic E-state index is 0.0910. The number of hydrogen-bond donors (Lipinski definition) is 2. The molecule has 1 fully saturated rings. The van der Waals surface area contributed by atoms with Gasteiger partial charge in [0, 0.05) is 39.5 Å². The van der Waals surface area contributed by atoms with Crippen LogP contribution >= 0.6 is 0 Å². The molecule has 1 aliphatic rings. The lowest BCUT2D eigenvalue weighted by atomic mass is 9.90. The van der Waals surface area contributed by atoms with Gasteiger partial charge in [0.25, 0.3) is 5.91 Å². The number of nitrogens with one attached hydrogen (secondary N) is 2. The fraction of sp³-hybridized carbons (Fsp3) is 0.600. The average molecular weight is 753 g/mol. The van der Waals surface area contributed by atoms with Crippen LogP contribution in [0.15, 0.2) is 18.2 Å². The first-order valence-electron chi connectivity index (χ1n) is 16.7. The highest BCUT2D eigenvalue weighted by Gasteiger charge is 2.52. The zero-order chi connectivity index (χ0) is 40.0. The molecule has 0 spiro atoms. The van der Waals surface area contributed by atoms with Crippen LogP contribution in [0.5, 0.6) is 5.75 Å². The van der Waals surface area contributed by atoms with Crippen molar-refractivity contribution in [3.63, 3.8) is 0 Å². The maximum Gasteiger partial charge on any atom is 0.431 e. The molecule has 18 nitrogen and oxygen atoms in total. The van der Waals surface area contributed by atoms with Crippen molar-refractivity contribution >= 4 is 47.4 Å². The van der Waals surface area contributed by atoms with Gasteiger partial charge in [-0.3, -0.25) is 33.6 Å². The molecular formula is C35H48N2O16. The Labute approximate surface area is 306 Å². The summed E-state index contributed by atoms with van der Waals surface area (Å²) in [7, 11) is 1.12. The Morgan fingerprint density at radius 1 is 0.906 bits per heavy atom. The number of methoxy groups -OCH3 is 1. The van der Waals surface area contributed by atoms with Gasteiger partial charge in [-0.05, 0) is 51.8 Å². The Hall–Kier alpha value is -5.10. The molecule has 2 amide bonds. The molecule has 18 heteroatoms. The number of esters is 4. The standard InChI is InChI=1S/C35H48N2O16/c1-18(38)15-25(26(42)11-10-14-48-37-34(45)53-35(6,7)8)36-31(43)24-16-23(17-47-20(3)39)12-13-27(24)51-33-30(50-22(5)41)28(49-21(4)40)19(2)29(52-33)32(44)46-9/h12-13,16,19,25,28-30,33H,10-11,14-15,17H2,1-9H3,(H,36,43)(H,37,45)/t19-,25-,28-,29-,30+,33+/m0/s1. The van der Waals surface area contributed by atoms with Gasteiger partial charge in [-0.2, -0.15) is 5.48 Å². The summed E-state index contributed by atoms with van der Waals surface area (Å²) in [5.74, 6) is -5.97. The van der Waals surface area contributed by atoms with Gasteiger partial charge in [0.2, 0.25) is 12.4 Å². The van der Waals surface area contributed by atoms with Crippen LogP contribution in [0, 0.1) is 5.92 Å². The second-order valence-electron chi connectivity index (χ2n) is 13.1. The average Bonchev–Trinajstić information content (AvgIpc) is 3.04. The Bertz CT molecular complexity index is 1520. The van der Waals surface area contributed by atoms with Crippen molar-refractivity contribution < 1.29 is 76.4 Å². The summed E-state index contributed by atoms with van der Waals surface area (Å²) in [6.07, 6.45) is -6.98. The van der Waals surface area contributed by atoms with E-state index >= 15 is 0 Å². The number of carbonyl (C=O) groups excluding carboxylic acids is 8. The molecule has 1 aromatic carbocycles. The van der Waals surface area contributed by atoms with Crippen molar-refractivity contribution in [2.75, 3.05) is 13.7 Å². The van der Waals surface area contributed by atoms with Crippen LogP contribution < -0.4 is 15.5 Å². The van der Waals surface area contributed by atoms with Crippen LogP contribution in [0.3, 0.4) is 0 Å². The predicted octanol–water partition coefficient (Wildman–Crippen LogP) is 2.41. The van der Waals surface area contributed by atoms with Crippen LogP contribution in [0.25, 0.3) is 0 Å². The van der Waals surface area contributed by atoms with E-state index in [1.54, 1.807) is 20.8 Å². The molecule has 2 rings (SSSR count). The summed E-state index contributed by atoms with van der Waals surface area (Å²) >= 11 is 0. The van der Waals surface area contributed by atoms with E-state index in [9.17, 15) is 38.4 Å². The van der Waals surface area contributed by atoms with Crippen molar-refractivity contribution in [3.8, 4) is 5.75 Å². The van der Waals surface area contributed by atoms with Gasteiger partial charge in [0.1, 0.15) is 23.7 Å². The van der Waals surface area contributed by atoms with Crippen molar-refractivity contribution in [2.24, 2.45) is 5.92 Å². The van der Waals surface area contributed by atoms with Gasteiger partial charge in [-0.1, -0.05) is 13.0 Å². The lowest BCUT2D eigenvalue weighted by molar-refractivity contribution is -0.266. The predicted molar refractivity (Wildman–Crippen MR) is 180 cm³/mol. The fourth-order valence-corrected chi connectivity index (χ4v) is 5.06. The number of hydrogen-bond acceptors (Lipinski definition) is 16. The van der Waals surface area contributed by atoms with E-state index in [4.69, 9.17) is 38.0 Å². The van der Waals surface area contributed by atoms with E-state index < -0.39 is 89.6 Å². The van der Waals surface area contributed by atoms with Crippen LogP contribution in [0.4, 0.5) is 4.79 Å². The third-order valence-electron chi connectivity index (χ3n) is 7.29. The number of rotatable bonds is 17. The van der Waals surface area contributed by atoms with Gasteiger partial charge in [0.15, 0.2) is 18.0 Å². The minimum Gasteiger partial charge on any atom is -0.467 e. The number of Topliss-reactive ketones (excluding diaryl/α,β-unsaturated/α-hetero) is 2. The zero-order valence-corrected chi connectivity index (χ0v) is 31.3. The molecule has 2 N–H and O–H groups in total. The molecule has 1 heterocycles. The maximum atomic E-state index is 13.9. The fourth-order valence-electron chi connectivity index (χ4n) is 5.06. The smallest absolute Gasteiger partial charge is 0.431 e. The Morgan fingerprint density at radius 3 is 2.11 bits per heavy atom. The Morgan fingerprint density at radius 2 is 1.55 bits per heavy atom. The number of ether oxygens (including phenoxy) is 7. The molecule has 0 bridgehead atoms. The molecule has 0 saturated carbocycles. The summed E-state index contributed by atoms with van der Waals surface area (Å²) in [6, 6.07) is 2.75. The first-order valence-corrected chi connectivity index (χ1v) is 16.7. The monoisotopic (exact) mass is 752 g/mol. The van der Waals surface area contributed by atoms with Crippen molar-refractivity contribution in [1.82, 2.24) is 10.8 Å². The molecule has 0 aliphatic carbocycles. The Kier molecular flexibility index (Phi) is 16.8. The molecular weight excluding hydrogens is 704 g/mol. The summed E-state index contributed by atoms with van der Waals surface area (Å²) in [6.45, 7) is 10.8. The summed E-state index contributed by atoms with van der Waals surface area (Å²) < 4.78 is 37.8. The third-order valence-corrected chi connectivity index (χ3v) is 7.29. The summed E-state index contributed by atoms with van der Waals surface area (Å²) in [5, 5.41) is 2.54. The molecule has 0 aromatic heterocycles. The second kappa shape index (κ2) is 20.2. The van der Waals surface area contributed by atoms with Crippen LogP contribution in [-0.4, -0.2) is 97.4 Å². The minimum atomic E-state index is -1.65. The van der Waals surface area contributed by atoms with Crippen molar-refractivity contribution in [1.29, 1.82) is 0 Å². The SMILES string of the molecule is COC(=O)[C@H]1O[C@@H](Oc2ccc(COC(C)=O)cc2C(=O)N[C@@H](CC(C)=O)C(=O)CCCONC(=O)OC(C)(C)C)[C@H](OC(C)=O)[C@@H](OC(C)=O)[C@@H]1C. The summed E-state index contributed by atoms with van der Waals surface area (Å²) in [4.78, 5) is 105. The first kappa shape index (κ1) is 44.1. The molecule has 1 aromatic rings. The third kappa shape index (κ3) is 14.8. The highest BCUT2D eigenvalue weighted by atomic mass is 16.7. The van der Waals surface area contributed by atoms with Crippen molar-refractivity contribution in [3.05, 3.63) is 29.3 Å². The lowest BCUT2D eigenvalue weighted by Crippen LogP contribution is -2.60. The van der Waals surface area contributed by atoms with Gasteiger partial charge in [-0.25, -0.2) is 9.59 Å². The number of carbonyl (C=O) groups is 8. The van der Waals surface area contributed by atoms with E-state index in [0.717, 1.165) is 21.0 Å². The van der Waals surface area contributed by atoms with E-state index in [1.165, 1.54) is 39.0 Å². The highest BCUT2D eigenvalue weighted by Crippen LogP contribution is 2.34. The molecule has 6 atom stereocenters. The maximum absolute atomic E-state index is 13.9. The molecule has 53 heavy (non-hydrogen) atoms. The molecule has 294 valence electrons. The molecule has 1 saturated heterocycles. The first-order chi connectivity index (χ1) is 24.7. The largest absolute Gasteiger partial charge is 0.467 e. The van der Waals surface area contributed by atoms with E-state index in [-0.39, 0.29) is 43.8 Å². The normalized spacial score (nSPS) is 20.1. The summed E-state index contributed by atoms with van der Waals surface area (Å²) in [5.41, 5.74) is 1.43. The quantitative estimate of drug-likeness (QED) is 0.101. The number of ketones is 2. The molecule has 0 radical (unpaired) electrons. The van der Waals surface area contributed by atoms with E-state index in [0.29, 0.717) is 5.56 Å². The Balaban J connectivity index is 2.42. The van der Waals surface area contributed by atoms with Crippen LogP contribution in [0.1, 0.15) is 90.6 Å². The number of benzene rings is 1. The van der Waals surface area contributed by atoms with Gasteiger partial charge >= 0.3 is 30.0 Å². The molecule has 0 unspecified atom stereocenters. The van der Waals surface area contributed by atoms with E-state index in [1.807, 2.05) is 0 Å². The van der Waals surface area contributed by atoms with Gasteiger partial charge in [-0.15, -0.1) is 0 Å². The topological polar surface area (TPSA) is 234 Å². The molecule has 1 aliphatic heterocycles. The van der Waals surface area contributed by atoms with Gasteiger partial charge in [0.05, 0.1) is 25.3 Å². The van der Waals surface area contributed by atoms with Crippen LogP contribution in [-0.2, 0) is 68.6 Å². The number of hydroxylamine groups is 1. The lowest BCUT2D eigenvalue weighted by Gasteiger charge is -2.42. The van der Waals surface area contributed by atoms with Crippen LogP contribution in [0.2, 0.25) is 0 Å². The van der Waals surface area contributed by atoms with E-state index in [2.05, 4.69) is 10.8 Å².